The second-order valence-corrected chi connectivity index (χ2v) is 7.01. The Labute approximate surface area is 143 Å². The first-order valence-electron chi connectivity index (χ1n) is 9.63. The maximum Gasteiger partial charge on any atom is 0.168 e. The second kappa shape index (κ2) is 11.2. The van der Waals surface area contributed by atoms with Crippen LogP contribution in [0.25, 0.3) is 0 Å². The van der Waals surface area contributed by atoms with Gasteiger partial charge in [0.1, 0.15) is 7.05 Å². The molecule has 1 aliphatic rings. The summed E-state index contributed by atoms with van der Waals surface area (Å²) < 4.78 is 2.10. The molecular weight excluding hydrogens is 278 g/mol. The number of allylic oxidation sites excluding steroid dienone is 4. The van der Waals surface area contributed by atoms with E-state index in [4.69, 9.17) is 0 Å². The Hall–Kier alpha value is -1.37. The van der Waals surface area contributed by atoms with Crippen LogP contribution in [0.15, 0.2) is 48.3 Å². The minimum absolute atomic E-state index is 1.21. The zero-order chi connectivity index (χ0) is 16.2. The second-order valence-electron chi connectivity index (χ2n) is 7.01. The quantitative estimate of drug-likeness (QED) is 0.337. The molecule has 1 aliphatic carbocycles. The average Bonchev–Trinajstić information content (AvgIpc) is 3.07. The fraction of sp³-hybridized carbons (Fsp3) is 0.591. The van der Waals surface area contributed by atoms with Crippen LogP contribution in [0.5, 0.6) is 0 Å². The Morgan fingerprint density at radius 1 is 0.783 bits per heavy atom. The van der Waals surface area contributed by atoms with Crippen LogP contribution in [0.4, 0.5) is 0 Å². The Morgan fingerprint density at radius 3 is 1.91 bits per heavy atom. The number of hydrogen-bond donors (Lipinski definition) is 0. The molecule has 2 rings (SSSR count). The molecule has 0 N–H and O–H groups in total. The SMILES string of the molecule is C[n+]1ccc(CCCCCCCCCCCC2=CC=CC2)cc1. The van der Waals surface area contributed by atoms with Crippen molar-refractivity contribution in [3.05, 3.63) is 53.9 Å². The Kier molecular flexibility index (Phi) is 8.76. The van der Waals surface area contributed by atoms with Crippen molar-refractivity contribution in [2.75, 3.05) is 0 Å². The summed E-state index contributed by atoms with van der Waals surface area (Å²) in [6.07, 6.45) is 27.5. The first kappa shape index (κ1) is 18.0. The number of aromatic nitrogens is 1. The number of rotatable bonds is 12. The van der Waals surface area contributed by atoms with Gasteiger partial charge in [0, 0.05) is 12.1 Å². The number of pyridine rings is 1. The zero-order valence-corrected chi connectivity index (χ0v) is 15.0. The summed E-state index contributed by atoms with van der Waals surface area (Å²) in [4.78, 5) is 0. The highest BCUT2D eigenvalue weighted by Gasteiger charge is 1.99. The number of hydrogen-bond acceptors (Lipinski definition) is 0. The predicted octanol–water partition coefficient (Wildman–Crippen LogP) is 5.84. The number of nitrogens with zero attached hydrogens (tertiary/aromatic N) is 1. The van der Waals surface area contributed by atoms with Gasteiger partial charge in [0.25, 0.3) is 0 Å². The van der Waals surface area contributed by atoms with Crippen molar-refractivity contribution in [2.24, 2.45) is 7.05 Å². The van der Waals surface area contributed by atoms with Gasteiger partial charge in [0.15, 0.2) is 12.4 Å². The largest absolute Gasteiger partial charge is 0.208 e. The van der Waals surface area contributed by atoms with E-state index >= 15 is 0 Å². The molecule has 0 saturated carbocycles. The standard InChI is InChI=1S/C22H34N/c1-23-19-17-22(18-20-23)14-10-8-6-4-2-3-5-7-9-13-21-15-11-12-16-21/h11-12,15,17-20H,2-10,13-14,16H2,1H3/q+1. The van der Waals surface area contributed by atoms with Crippen molar-refractivity contribution in [3.8, 4) is 0 Å². The topological polar surface area (TPSA) is 3.88 Å². The molecule has 0 aromatic carbocycles. The molecule has 0 radical (unpaired) electrons. The van der Waals surface area contributed by atoms with Crippen LogP contribution in [0.3, 0.4) is 0 Å². The Morgan fingerprint density at radius 2 is 1.35 bits per heavy atom. The van der Waals surface area contributed by atoms with Gasteiger partial charge in [0.2, 0.25) is 0 Å². The van der Waals surface area contributed by atoms with Gasteiger partial charge < -0.3 is 0 Å². The van der Waals surface area contributed by atoms with Gasteiger partial charge in [-0.3, -0.25) is 0 Å². The summed E-state index contributed by atoms with van der Waals surface area (Å²) >= 11 is 0. The van der Waals surface area contributed by atoms with Crippen LogP contribution in [0.1, 0.15) is 76.2 Å². The predicted molar refractivity (Wildman–Crippen MR) is 99.3 cm³/mol. The molecule has 0 fully saturated rings. The van der Waals surface area contributed by atoms with Crippen LogP contribution in [-0.4, -0.2) is 0 Å². The highest BCUT2D eigenvalue weighted by atomic mass is 14.9. The maximum absolute atomic E-state index is 2.30. The van der Waals surface area contributed by atoms with Crippen LogP contribution >= 0.6 is 0 Å². The molecule has 1 nitrogen and oxygen atoms in total. The molecular formula is C22H34N+. The fourth-order valence-electron chi connectivity index (χ4n) is 3.29. The lowest BCUT2D eigenvalue weighted by Gasteiger charge is -2.04. The van der Waals surface area contributed by atoms with Crippen LogP contribution < -0.4 is 4.57 Å². The highest BCUT2D eigenvalue weighted by molar-refractivity contribution is 5.22. The molecule has 126 valence electrons. The summed E-state index contributed by atoms with van der Waals surface area (Å²) in [7, 11) is 2.08. The maximum atomic E-state index is 2.30. The molecule has 1 heterocycles. The van der Waals surface area contributed by atoms with Gasteiger partial charge in [-0.15, -0.1) is 0 Å². The van der Waals surface area contributed by atoms with Gasteiger partial charge in [-0.25, -0.2) is 4.57 Å². The average molecular weight is 313 g/mol. The summed E-state index contributed by atoms with van der Waals surface area (Å²) in [5, 5.41) is 0. The smallest absolute Gasteiger partial charge is 0.168 e. The van der Waals surface area contributed by atoms with E-state index in [1.807, 2.05) is 0 Å². The van der Waals surface area contributed by atoms with Gasteiger partial charge in [-0.2, -0.15) is 0 Å². The molecule has 1 heteroatoms. The van der Waals surface area contributed by atoms with Crippen molar-refractivity contribution in [2.45, 2.75) is 77.0 Å². The van der Waals surface area contributed by atoms with Crippen molar-refractivity contribution in [1.29, 1.82) is 0 Å². The summed E-state index contributed by atoms with van der Waals surface area (Å²) in [5.74, 6) is 0. The third-order valence-electron chi connectivity index (χ3n) is 4.86. The fourth-order valence-corrected chi connectivity index (χ4v) is 3.29. The summed E-state index contributed by atoms with van der Waals surface area (Å²) in [6.45, 7) is 0. The van der Waals surface area contributed by atoms with Crippen molar-refractivity contribution in [1.82, 2.24) is 0 Å². The third kappa shape index (κ3) is 8.16. The van der Waals surface area contributed by atoms with Crippen molar-refractivity contribution < 1.29 is 4.57 Å². The lowest BCUT2D eigenvalue weighted by atomic mass is 10.0. The van der Waals surface area contributed by atoms with Gasteiger partial charge >= 0.3 is 0 Å². The van der Waals surface area contributed by atoms with E-state index in [-0.39, 0.29) is 0 Å². The van der Waals surface area contributed by atoms with E-state index in [0.717, 1.165) is 0 Å². The van der Waals surface area contributed by atoms with Crippen LogP contribution in [0, 0.1) is 0 Å². The van der Waals surface area contributed by atoms with Crippen LogP contribution in [0.2, 0.25) is 0 Å². The lowest BCUT2D eigenvalue weighted by molar-refractivity contribution is -0.671. The number of aryl methyl sites for hydroxylation is 2. The molecule has 0 saturated heterocycles. The lowest BCUT2D eigenvalue weighted by Crippen LogP contribution is -2.25. The molecule has 0 atom stereocenters. The number of unbranched alkanes of at least 4 members (excludes halogenated alkanes) is 8. The van der Waals surface area contributed by atoms with Crippen molar-refractivity contribution >= 4 is 0 Å². The molecule has 1 aromatic rings. The molecule has 0 unspecified atom stereocenters. The molecule has 0 amide bonds. The van der Waals surface area contributed by atoms with Gasteiger partial charge in [0.05, 0.1) is 0 Å². The first-order valence-corrected chi connectivity index (χ1v) is 9.63. The minimum Gasteiger partial charge on any atom is -0.208 e. The summed E-state index contributed by atoms with van der Waals surface area (Å²) in [5.41, 5.74) is 3.12. The Balaban J connectivity index is 1.33. The van der Waals surface area contributed by atoms with Gasteiger partial charge in [-0.1, -0.05) is 68.7 Å². The van der Waals surface area contributed by atoms with E-state index in [2.05, 4.69) is 54.4 Å². The molecule has 23 heavy (non-hydrogen) atoms. The first-order chi connectivity index (χ1) is 11.3. The van der Waals surface area contributed by atoms with E-state index in [9.17, 15) is 0 Å². The summed E-state index contributed by atoms with van der Waals surface area (Å²) in [6, 6.07) is 4.50. The van der Waals surface area contributed by atoms with Gasteiger partial charge in [-0.05, 0) is 37.7 Å². The molecule has 0 spiro atoms. The zero-order valence-electron chi connectivity index (χ0n) is 15.0. The highest BCUT2D eigenvalue weighted by Crippen LogP contribution is 2.18. The molecule has 0 bridgehead atoms. The normalized spacial score (nSPS) is 13.5. The Bertz CT molecular complexity index is 481. The molecule has 1 aromatic heterocycles. The van der Waals surface area contributed by atoms with E-state index in [1.165, 1.54) is 82.6 Å². The van der Waals surface area contributed by atoms with E-state index in [1.54, 1.807) is 5.57 Å². The third-order valence-corrected chi connectivity index (χ3v) is 4.86. The van der Waals surface area contributed by atoms with E-state index < -0.39 is 0 Å². The minimum atomic E-state index is 1.21. The van der Waals surface area contributed by atoms with Crippen molar-refractivity contribution in [3.63, 3.8) is 0 Å². The monoisotopic (exact) mass is 312 g/mol. The van der Waals surface area contributed by atoms with Crippen LogP contribution in [-0.2, 0) is 13.5 Å². The van der Waals surface area contributed by atoms with E-state index in [0.29, 0.717) is 0 Å². The molecule has 0 aliphatic heterocycles.